The third kappa shape index (κ3) is 6.73. The molecule has 0 radical (unpaired) electrons. The van der Waals surface area contributed by atoms with Gasteiger partial charge in [0, 0.05) is 18.9 Å². The molecule has 1 atom stereocenters. The van der Waals surface area contributed by atoms with Gasteiger partial charge in [0.05, 0.1) is 18.5 Å². The van der Waals surface area contributed by atoms with Crippen LogP contribution in [0.2, 0.25) is 0 Å². The molecule has 1 heterocycles. The smallest absolute Gasteiger partial charge is 0.246 e. The molecule has 176 valence electrons. The van der Waals surface area contributed by atoms with Crippen LogP contribution in [0.25, 0.3) is 0 Å². The van der Waals surface area contributed by atoms with Crippen molar-refractivity contribution in [1.82, 2.24) is 9.88 Å². The zero-order valence-corrected chi connectivity index (χ0v) is 19.0. The van der Waals surface area contributed by atoms with E-state index in [0.717, 1.165) is 16.7 Å². The summed E-state index contributed by atoms with van der Waals surface area (Å²) in [6, 6.07) is 21.5. The van der Waals surface area contributed by atoms with Crippen molar-refractivity contribution in [3.05, 3.63) is 102 Å². The number of aliphatic imine (C=N–C) groups is 1. The Morgan fingerprint density at radius 1 is 0.853 bits per heavy atom. The second-order valence-electron chi connectivity index (χ2n) is 7.93. The van der Waals surface area contributed by atoms with Gasteiger partial charge in [0.2, 0.25) is 11.8 Å². The first-order chi connectivity index (χ1) is 16.5. The summed E-state index contributed by atoms with van der Waals surface area (Å²) in [5.41, 5.74) is 19.3. The predicted octanol–water partition coefficient (Wildman–Crippen LogP) is 2.15. The second-order valence-corrected chi connectivity index (χ2v) is 7.93. The van der Waals surface area contributed by atoms with Gasteiger partial charge in [-0.2, -0.15) is 0 Å². The van der Waals surface area contributed by atoms with Gasteiger partial charge >= 0.3 is 0 Å². The monoisotopic (exact) mass is 458 g/mol. The average molecular weight is 459 g/mol. The maximum atomic E-state index is 14.0. The minimum Gasteiger partial charge on any atom is -0.370 e. The number of hydrogen-bond acceptors (Lipinski definition) is 5. The molecule has 1 aromatic heterocycles. The minimum absolute atomic E-state index is 0.0112. The van der Waals surface area contributed by atoms with Gasteiger partial charge in [-0.15, -0.1) is 0 Å². The van der Waals surface area contributed by atoms with E-state index >= 15 is 0 Å². The number of nitrogens with two attached hydrogens (primary N) is 3. The lowest BCUT2D eigenvalue weighted by atomic mass is 9.89. The topological polar surface area (TPSA) is 141 Å². The van der Waals surface area contributed by atoms with Crippen molar-refractivity contribution in [3.63, 3.8) is 0 Å². The Balaban J connectivity index is 1.92. The predicted molar refractivity (Wildman–Crippen MR) is 132 cm³/mol. The molecular formula is C26H30N6O2. The molecule has 8 nitrogen and oxygen atoms in total. The second kappa shape index (κ2) is 12.3. The van der Waals surface area contributed by atoms with E-state index < -0.39 is 17.9 Å². The van der Waals surface area contributed by atoms with Crippen molar-refractivity contribution >= 4 is 17.8 Å². The van der Waals surface area contributed by atoms with Gasteiger partial charge in [-0.05, 0) is 41.7 Å². The molecule has 3 aromatic rings. The SMILES string of the molecule is NC(N)=NCCC[C@@H](N)C(=O)N(Cc1ccncc1)C(=O)C(c1ccccc1)c1ccccc1. The number of imide groups is 1. The summed E-state index contributed by atoms with van der Waals surface area (Å²) in [5, 5.41) is 0. The highest BCUT2D eigenvalue weighted by atomic mass is 16.2. The first kappa shape index (κ1) is 24.6. The van der Waals surface area contributed by atoms with Gasteiger partial charge in [-0.1, -0.05) is 60.7 Å². The third-order valence-corrected chi connectivity index (χ3v) is 5.42. The number of aromatic nitrogens is 1. The molecule has 6 N–H and O–H groups in total. The summed E-state index contributed by atoms with van der Waals surface area (Å²) >= 11 is 0. The van der Waals surface area contributed by atoms with Crippen molar-refractivity contribution < 1.29 is 9.59 Å². The molecule has 0 saturated carbocycles. The van der Waals surface area contributed by atoms with Gasteiger partial charge in [0.15, 0.2) is 5.96 Å². The van der Waals surface area contributed by atoms with E-state index in [1.165, 1.54) is 4.90 Å². The Morgan fingerprint density at radius 2 is 1.41 bits per heavy atom. The number of carbonyl (C=O) groups excluding carboxylic acids is 2. The highest BCUT2D eigenvalue weighted by molar-refractivity contribution is 6.01. The van der Waals surface area contributed by atoms with Crippen LogP contribution in [0.3, 0.4) is 0 Å². The van der Waals surface area contributed by atoms with Crippen LogP contribution < -0.4 is 17.2 Å². The molecule has 0 aliphatic rings. The number of amides is 2. The van der Waals surface area contributed by atoms with Crippen LogP contribution in [-0.2, 0) is 16.1 Å². The van der Waals surface area contributed by atoms with Gasteiger partial charge < -0.3 is 17.2 Å². The summed E-state index contributed by atoms with van der Waals surface area (Å²) in [6.07, 6.45) is 4.12. The molecule has 0 spiro atoms. The average Bonchev–Trinajstić information content (AvgIpc) is 2.86. The number of rotatable bonds is 10. The lowest BCUT2D eigenvalue weighted by molar-refractivity contribution is -0.147. The van der Waals surface area contributed by atoms with E-state index in [4.69, 9.17) is 17.2 Å². The minimum atomic E-state index is -0.868. The number of nitrogens with zero attached hydrogens (tertiary/aromatic N) is 3. The van der Waals surface area contributed by atoms with Gasteiger partial charge in [-0.25, -0.2) is 0 Å². The van der Waals surface area contributed by atoms with E-state index in [2.05, 4.69) is 9.98 Å². The van der Waals surface area contributed by atoms with E-state index in [0.29, 0.717) is 19.4 Å². The lowest BCUT2D eigenvalue weighted by Crippen LogP contribution is -2.48. The fourth-order valence-corrected chi connectivity index (χ4v) is 3.70. The molecule has 0 fully saturated rings. The molecule has 8 heteroatoms. The maximum Gasteiger partial charge on any atom is 0.246 e. The van der Waals surface area contributed by atoms with Gasteiger partial charge in [0.1, 0.15) is 0 Å². The molecule has 34 heavy (non-hydrogen) atoms. The molecule has 0 aliphatic heterocycles. The number of pyridine rings is 1. The summed E-state index contributed by atoms with van der Waals surface area (Å²) in [4.78, 5) is 36.7. The number of guanidine groups is 1. The Labute approximate surface area is 199 Å². The zero-order chi connectivity index (χ0) is 24.3. The molecule has 2 amide bonds. The summed E-state index contributed by atoms with van der Waals surface area (Å²) in [5.74, 6) is -1.44. The Kier molecular flexibility index (Phi) is 8.88. The number of benzene rings is 2. The highest BCUT2D eigenvalue weighted by Gasteiger charge is 2.33. The van der Waals surface area contributed by atoms with Crippen LogP contribution in [0.4, 0.5) is 0 Å². The van der Waals surface area contributed by atoms with Crippen molar-refractivity contribution in [2.75, 3.05) is 6.54 Å². The van der Waals surface area contributed by atoms with E-state index in [1.807, 2.05) is 60.7 Å². The molecular weight excluding hydrogens is 428 g/mol. The van der Waals surface area contributed by atoms with Crippen LogP contribution in [0.15, 0.2) is 90.2 Å². The van der Waals surface area contributed by atoms with Crippen molar-refractivity contribution in [1.29, 1.82) is 0 Å². The molecule has 0 bridgehead atoms. The van der Waals surface area contributed by atoms with E-state index in [-0.39, 0.29) is 18.4 Å². The van der Waals surface area contributed by atoms with Crippen LogP contribution in [0.1, 0.15) is 35.4 Å². The fourth-order valence-electron chi connectivity index (χ4n) is 3.70. The van der Waals surface area contributed by atoms with Crippen LogP contribution in [0, 0.1) is 0 Å². The van der Waals surface area contributed by atoms with Crippen molar-refractivity contribution in [2.45, 2.75) is 31.3 Å². The molecule has 0 saturated heterocycles. The summed E-state index contributed by atoms with van der Waals surface area (Å²) < 4.78 is 0. The fraction of sp³-hybridized carbons (Fsp3) is 0.231. The first-order valence-electron chi connectivity index (χ1n) is 11.1. The Bertz CT molecular complexity index is 1050. The van der Waals surface area contributed by atoms with Crippen molar-refractivity contribution in [2.24, 2.45) is 22.2 Å². The van der Waals surface area contributed by atoms with Gasteiger partial charge in [0.25, 0.3) is 0 Å². The number of hydrogen-bond donors (Lipinski definition) is 3. The summed E-state index contributed by atoms with van der Waals surface area (Å²) in [7, 11) is 0. The normalized spacial score (nSPS) is 11.6. The highest BCUT2D eigenvalue weighted by Crippen LogP contribution is 2.28. The van der Waals surface area contributed by atoms with Crippen LogP contribution >= 0.6 is 0 Å². The Hall–Kier alpha value is -4.04. The van der Waals surface area contributed by atoms with Gasteiger partial charge in [-0.3, -0.25) is 24.5 Å². The van der Waals surface area contributed by atoms with E-state index in [9.17, 15) is 9.59 Å². The third-order valence-electron chi connectivity index (χ3n) is 5.42. The molecule has 0 unspecified atom stereocenters. The van der Waals surface area contributed by atoms with E-state index in [1.54, 1.807) is 24.5 Å². The molecule has 2 aromatic carbocycles. The zero-order valence-electron chi connectivity index (χ0n) is 19.0. The van der Waals surface area contributed by atoms with Crippen molar-refractivity contribution in [3.8, 4) is 0 Å². The van der Waals surface area contributed by atoms with Crippen LogP contribution in [0.5, 0.6) is 0 Å². The first-order valence-corrected chi connectivity index (χ1v) is 11.1. The quantitative estimate of drug-likeness (QED) is 0.241. The largest absolute Gasteiger partial charge is 0.370 e. The lowest BCUT2D eigenvalue weighted by Gasteiger charge is -2.29. The van der Waals surface area contributed by atoms with Crippen LogP contribution in [-0.4, -0.2) is 40.2 Å². The Morgan fingerprint density at radius 3 is 1.94 bits per heavy atom. The molecule has 0 aliphatic carbocycles. The maximum absolute atomic E-state index is 14.0. The standard InChI is InChI=1S/C26H30N6O2/c27-22(12-7-15-31-26(28)29)24(33)32(18-19-13-16-30-17-14-19)25(34)23(20-8-3-1-4-9-20)21-10-5-2-6-11-21/h1-6,8-11,13-14,16-17,22-23H,7,12,15,18,27H2,(H4,28,29,31)/t22-/m1/s1. The number of carbonyl (C=O) groups is 2. The summed E-state index contributed by atoms with van der Waals surface area (Å²) in [6.45, 7) is 0.455. The molecule has 3 rings (SSSR count).